The minimum atomic E-state index is 0.326. The van der Waals surface area contributed by atoms with E-state index in [0.29, 0.717) is 17.6 Å². The first-order valence-corrected chi connectivity index (χ1v) is 10.4. The summed E-state index contributed by atoms with van der Waals surface area (Å²) in [5.74, 6) is 1.45. The van der Waals surface area contributed by atoms with Crippen molar-refractivity contribution in [3.63, 3.8) is 0 Å². The second kappa shape index (κ2) is 9.16. The third-order valence-electron chi connectivity index (χ3n) is 5.89. The molecule has 138 valence electrons. The Kier molecular flexibility index (Phi) is 6.66. The Morgan fingerprint density at radius 3 is 1.92 bits per heavy atom. The van der Waals surface area contributed by atoms with Crippen LogP contribution in [0.2, 0.25) is 0 Å². The topological polar surface area (TPSA) is 17.1 Å². The Balaban J connectivity index is 1.60. The van der Waals surface area contributed by atoms with E-state index in [1.165, 1.54) is 28.7 Å². The van der Waals surface area contributed by atoms with Crippen LogP contribution in [0, 0.1) is 5.92 Å². The van der Waals surface area contributed by atoms with Crippen LogP contribution in [-0.4, -0.2) is 5.78 Å². The van der Waals surface area contributed by atoms with Gasteiger partial charge in [0, 0.05) is 12.3 Å². The van der Waals surface area contributed by atoms with Crippen molar-refractivity contribution in [1.29, 1.82) is 0 Å². The number of carbonyl (C=O) groups is 1. The highest BCUT2D eigenvalue weighted by atomic mass is 16.1. The van der Waals surface area contributed by atoms with Gasteiger partial charge in [0.15, 0.2) is 0 Å². The van der Waals surface area contributed by atoms with Gasteiger partial charge >= 0.3 is 0 Å². The van der Waals surface area contributed by atoms with E-state index in [0.717, 1.165) is 44.9 Å². The molecular formula is C25H32O. The molecule has 1 aliphatic carbocycles. The Morgan fingerprint density at radius 1 is 0.808 bits per heavy atom. The summed E-state index contributed by atoms with van der Waals surface area (Å²) in [5.41, 5.74) is 5.45. The fourth-order valence-electron chi connectivity index (χ4n) is 4.30. The van der Waals surface area contributed by atoms with Crippen LogP contribution >= 0.6 is 0 Å². The maximum Gasteiger partial charge on any atom is 0.135 e. The molecule has 0 bridgehead atoms. The number of Topliss-reactive ketones (excluding diaryl/α,β-unsaturated/α-hetero) is 1. The maximum absolute atomic E-state index is 12.1. The highest BCUT2D eigenvalue weighted by Crippen LogP contribution is 2.37. The zero-order chi connectivity index (χ0) is 18.4. The molecule has 1 aliphatic rings. The van der Waals surface area contributed by atoms with Gasteiger partial charge in [-0.05, 0) is 66.7 Å². The lowest BCUT2D eigenvalue weighted by molar-refractivity contribution is -0.123. The van der Waals surface area contributed by atoms with Crippen LogP contribution in [0.15, 0.2) is 48.5 Å². The third kappa shape index (κ3) is 4.63. The van der Waals surface area contributed by atoms with Crippen LogP contribution in [0.3, 0.4) is 0 Å². The number of hydrogen-bond donors (Lipinski definition) is 0. The first-order chi connectivity index (χ1) is 12.7. The predicted octanol–water partition coefficient (Wildman–Crippen LogP) is 6.95. The van der Waals surface area contributed by atoms with E-state index in [4.69, 9.17) is 0 Å². The van der Waals surface area contributed by atoms with Crippen LogP contribution in [-0.2, 0) is 11.2 Å². The second-order valence-corrected chi connectivity index (χ2v) is 7.83. The molecule has 1 saturated carbocycles. The van der Waals surface area contributed by atoms with Gasteiger partial charge in [-0.2, -0.15) is 0 Å². The minimum absolute atomic E-state index is 0.326. The summed E-state index contributed by atoms with van der Waals surface area (Å²) in [6, 6.07) is 18.1. The molecule has 1 fully saturated rings. The van der Waals surface area contributed by atoms with E-state index in [2.05, 4.69) is 62.4 Å². The summed E-state index contributed by atoms with van der Waals surface area (Å²) in [6.45, 7) is 4.32. The van der Waals surface area contributed by atoms with Crippen molar-refractivity contribution in [2.45, 2.75) is 71.1 Å². The van der Waals surface area contributed by atoms with Crippen molar-refractivity contribution in [1.82, 2.24) is 0 Å². The van der Waals surface area contributed by atoms with Crippen LogP contribution in [0.1, 0.15) is 75.8 Å². The van der Waals surface area contributed by atoms with Gasteiger partial charge < -0.3 is 0 Å². The molecule has 3 rings (SSSR count). The van der Waals surface area contributed by atoms with E-state index < -0.39 is 0 Å². The SMILES string of the molecule is CCCC(=O)C1CCC(c2ccc(-c3ccc(CCC)cc3)cc2)CC1. The lowest BCUT2D eigenvalue weighted by atomic mass is 9.76. The normalized spacial score (nSPS) is 20.1. The van der Waals surface area contributed by atoms with Crippen molar-refractivity contribution in [3.05, 3.63) is 59.7 Å². The van der Waals surface area contributed by atoms with Crippen molar-refractivity contribution in [2.24, 2.45) is 5.92 Å². The molecule has 1 heteroatoms. The molecule has 0 amide bonds. The molecule has 0 radical (unpaired) electrons. The number of rotatable bonds is 7. The fourth-order valence-corrected chi connectivity index (χ4v) is 4.30. The molecule has 0 spiro atoms. The summed E-state index contributed by atoms with van der Waals surface area (Å²) >= 11 is 0. The largest absolute Gasteiger partial charge is 0.299 e. The van der Waals surface area contributed by atoms with Gasteiger partial charge in [0.2, 0.25) is 0 Å². The molecule has 0 atom stereocenters. The Bertz CT molecular complexity index is 688. The highest BCUT2D eigenvalue weighted by molar-refractivity contribution is 5.81. The molecule has 0 N–H and O–H groups in total. The molecule has 2 aromatic carbocycles. The average Bonchev–Trinajstić information content (AvgIpc) is 2.69. The molecule has 0 aliphatic heterocycles. The second-order valence-electron chi connectivity index (χ2n) is 7.83. The molecule has 0 saturated heterocycles. The van der Waals surface area contributed by atoms with Crippen molar-refractivity contribution >= 4 is 5.78 Å². The summed E-state index contributed by atoms with van der Waals surface area (Å²) in [5, 5.41) is 0. The lowest BCUT2D eigenvalue weighted by Crippen LogP contribution is -2.20. The van der Waals surface area contributed by atoms with Gasteiger partial charge in [0.05, 0.1) is 0 Å². The van der Waals surface area contributed by atoms with Gasteiger partial charge in [0.25, 0.3) is 0 Å². The zero-order valence-corrected chi connectivity index (χ0v) is 16.3. The van der Waals surface area contributed by atoms with Crippen LogP contribution in [0.25, 0.3) is 11.1 Å². The standard InChI is InChI=1S/C25H32O/c1-3-5-19-7-9-20(10-8-19)21-11-13-22(14-12-21)23-15-17-24(18-16-23)25(26)6-4-2/h7-14,23-24H,3-6,15-18H2,1-2H3. The molecule has 0 aromatic heterocycles. The first-order valence-electron chi connectivity index (χ1n) is 10.4. The van der Waals surface area contributed by atoms with Gasteiger partial charge in [-0.1, -0.05) is 68.8 Å². The Morgan fingerprint density at radius 2 is 1.38 bits per heavy atom. The molecular weight excluding hydrogens is 316 g/mol. The van der Waals surface area contributed by atoms with E-state index in [1.807, 2.05) is 0 Å². The molecule has 2 aromatic rings. The quantitative estimate of drug-likeness (QED) is 0.529. The Labute approximate surface area is 158 Å². The van der Waals surface area contributed by atoms with Crippen molar-refractivity contribution in [2.75, 3.05) is 0 Å². The maximum atomic E-state index is 12.1. The Hall–Kier alpha value is -1.89. The predicted molar refractivity (Wildman–Crippen MR) is 110 cm³/mol. The van der Waals surface area contributed by atoms with E-state index in [-0.39, 0.29) is 0 Å². The number of hydrogen-bond acceptors (Lipinski definition) is 1. The lowest BCUT2D eigenvalue weighted by Gasteiger charge is -2.28. The summed E-state index contributed by atoms with van der Waals surface area (Å²) in [7, 11) is 0. The molecule has 0 unspecified atom stereocenters. The number of aryl methyl sites for hydroxylation is 1. The molecule has 26 heavy (non-hydrogen) atoms. The fraction of sp³-hybridized carbons (Fsp3) is 0.480. The summed E-state index contributed by atoms with van der Waals surface area (Å²) < 4.78 is 0. The molecule has 0 heterocycles. The van der Waals surface area contributed by atoms with E-state index in [1.54, 1.807) is 0 Å². The monoisotopic (exact) mass is 348 g/mol. The van der Waals surface area contributed by atoms with Gasteiger partial charge in [0.1, 0.15) is 5.78 Å². The highest BCUT2D eigenvalue weighted by Gasteiger charge is 2.26. The van der Waals surface area contributed by atoms with Crippen LogP contribution in [0.5, 0.6) is 0 Å². The van der Waals surface area contributed by atoms with E-state index in [9.17, 15) is 4.79 Å². The van der Waals surface area contributed by atoms with Crippen LogP contribution in [0.4, 0.5) is 0 Å². The summed E-state index contributed by atoms with van der Waals surface area (Å²) in [4.78, 5) is 12.1. The summed E-state index contributed by atoms with van der Waals surface area (Å²) in [6.07, 6.45) is 8.56. The smallest absolute Gasteiger partial charge is 0.135 e. The van der Waals surface area contributed by atoms with Crippen molar-refractivity contribution in [3.8, 4) is 11.1 Å². The van der Waals surface area contributed by atoms with Gasteiger partial charge in [-0.15, -0.1) is 0 Å². The average molecular weight is 349 g/mol. The minimum Gasteiger partial charge on any atom is -0.299 e. The van der Waals surface area contributed by atoms with Gasteiger partial charge in [-0.3, -0.25) is 4.79 Å². The third-order valence-corrected chi connectivity index (χ3v) is 5.89. The first kappa shape index (κ1) is 18.9. The number of ketones is 1. The van der Waals surface area contributed by atoms with Crippen LogP contribution < -0.4 is 0 Å². The van der Waals surface area contributed by atoms with Crippen molar-refractivity contribution < 1.29 is 4.79 Å². The zero-order valence-electron chi connectivity index (χ0n) is 16.3. The van der Waals surface area contributed by atoms with Gasteiger partial charge in [-0.25, -0.2) is 0 Å². The number of carbonyl (C=O) groups excluding carboxylic acids is 1. The number of benzene rings is 2. The van der Waals surface area contributed by atoms with E-state index >= 15 is 0 Å². The molecule has 1 nitrogen and oxygen atoms in total.